The zero-order valence-corrected chi connectivity index (χ0v) is 13.7. The number of nitrogens with zero attached hydrogens (tertiary/aromatic N) is 1. The molecule has 1 aliphatic rings. The van der Waals surface area contributed by atoms with Gasteiger partial charge in [0, 0.05) is 24.7 Å². The Kier molecular flexibility index (Phi) is 6.17. The van der Waals surface area contributed by atoms with Gasteiger partial charge in [-0.05, 0) is 44.0 Å². The van der Waals surface area contributed by atoms with Gasteiger partial charge >= 0.3 is 0 Å². The third-order valence-electron chi connectivity index (χ3n) is 3.61. The fourth-order valence-corrected chi connectivity index (χ4v) is 4.07. The van der Waals surface area contributed by atoms with Crippen molar-refractivity contribution in [3.63, 3.8) is 0 Å². The van der Waals surface area contributed by atoms with Crippen LogP contribution < -0.4 is 5.73 Å². The average molecular weight is 351 g/mol. The molecule has 8 heteroatoms. The molecule has 2 N–H and O–H groups in total. The van der Waals surface area contributed by atoms with E-state index < -0.39 is 15.8 Å². The Balaban J connectivity index is 2.00. The molecule has 1 fully saturated rings. The largest absolute Gasteiger partial charge is 0.378 e. The van der Waals surface area contributed by atoms with Crippen LogP contribution in [-0.2, 0) is 14.8 Å². The lowest BCUT2D eigenvalue weighted by molar-refractivity contribution is 0.0208. The van der Waals surface area contributed by atoms with Gasteiger partial charge in [0.1, 0.15) is 10.7 Å². The van der Waals surface area contributed by atoms with E-state index in [1.54, 1.807) is 0 Å². The van der Waals surface area contributed by atoms with Crippen molar-refractivity contribution in [2.75, 3.05) is 26.2 Å². The first-order valence-electron chi connectivity index (χ1n) is 7.22. The molecule has 1 aliphatic heterocycles. The van der Waals surface area contributed by atoms with Crippen molar-refractivity contribution in [3.05, 3.63) is 29.0 Å². The van der Waals surface area contributed by atoms with Crippen molar-refractivity contribution in [2.24, 2.45) is 5.73 Å². The Morgan fingerprint density at radius 2 is 2.05 bits per heavy atom. The minimum absolute atomic E-state index is 0.0352. The first-order valence-corrected chi connectivity index (χ1v) is 9.04. The summed E-state index contributed by atoms with van der Waals surface area (Å²) in [7, 11) is -3.83. The minimum atomic E-state index is -3.83. The van der Waals surface area contributed by atoms with Gasteiger partial charge in [0.15, 0.2) is 0 Å². The number of hydrogen-bond acceptors (Lipinski definition) is 4. The van der Waals surface area contributed by atoms with Gasteiger partial charge in [-0.1, -0.05) is 11.6 Å². The summed E-state index contributed by atoms with van der Waals surface area (Å²) in [5.41, 5.74) is 5.40. The lowest BCUT2D eigenvalue weighted by Crippen LogP contribution is -2.41. The molecule has 0 aromatic heterocycles. The second kappa shape index (κ2) is 7.70. The van der Waals surface area contributed by atoms with Crippen LogP contribution in [-0.4, -0.2) is 45.1 Å². The molecule has 124 valence electrons. The number of halogens is 2. The van der Waals surface area contributed by atoms with E-state index >= 15 is 0 Å². The van der Waals surface area contributed by atoms with E-state index in [0.717, 1.165) is 12.5 Å². The normalized spacial score (nSPS) is 17.8. The number of nitrogens with two attached hydrogens (primary N) is 1. The number of hydrogen-bond donors (Lipinski definition) is 1. The molecule has 1 heterocycles. The van der Waals surface area contributed by atoms with E-state index in [9.17, 15) is 12.8 Å². The predicted octanol–water partition coefficient (Wildman–Crippen LogP) is 2.00. The van der Waals surface area contributed by atoms with E-state index in [2.05, 4.69) is 0 Å². The summed E-state index contributed by atoms with van der Waals surface area (Å²) < 4.78 is 45.7. The molecule has 1 aromatic rings. The maximum atomic E-state index is 13.9. The maximum Gasteiger partial charge on any atom is 0.245 e. The quantitative estimate of drug-likeness (QED) is 0.796. The topological polar surface area (TPSA) is 72.6 Å². The van der Waals surface area contributed by atoms with Crippen molar-refractivity contribution >= 4 is 21.6 Å². The molecule has 1 saturated heterocycles. The van der Waals surface area contributed by atoms with Crippen LogP contribution in [0.25, 0.3) is 0 Å². The number of piperidine rings is 1. The van der Waals surface area contributed by atoms with E-state index in [1.807, 2.05) is 0 Å². The Hall–Kier alpha value is -0.730. The molecule has 22 heavy (non-hydrogen) atoms. The average Bonchev–Trinajstić information content (AvgIpc) is 2.47. The Labute approximate surface area is 135 Å². The molecule has 1 aromatic carbocycles. The van der Waals surface area contributed by atoms with E-state index in [4.69, 9.17) is 22.1 Å². The monoisotopic (exact) mass is 350 g/mol. The van der Waals surface area contributed by atoms with Crippen LogP contribution in [0.15, 0.2) is 23.1 Å². The van der Waals surface area contributed by atoms with Gasteiger partial charge in [-0.2, -0.15) is 4.31 Å². The van der Waals surface area contributed by atoms with Crippen molar-refractivity contribution in [2.45, 2.75) is 30.3 Å². The zero-order chi connectivity index (χ0) is 16.2. The van der Waals surface area contributed by atoms with Gasteiger partial charge in [0.25, 0.3) is 0 Å². The van der Waals surface area contributed by atoms with Gasteiger partial charge in [0.05, 0.1) is 6.10 Å². The van der Waals surface area contributed by atoms with Crippen LogP contribution in [0.2, 0.25) is 5.02 Å². The second-order valence-corrected chi connectivity index (χ2v) is 7.53. The van der Waals surface area contributed by atoms with Gasteiger partial charge < -0.3 is 10.5 Å². The highest BCUT2D eigenvalue weighted by Gasteiger charge is 2.31. The molecule has 0 spiro atoms. The van der Waals surface area contributed by atoms with Crippen molar-refractivity contribution < 1.29 is 17.5 Å². The maximum absolute atomic E-state index is 13.9. The van der Waals surface area contributed by atoms with Crippen molar-refractivity contribution in [3.8, 4) is 0 Å². The third-order valence-corrected chi connectivity index (χ3v) is 5.78. The second-order valence-electron chi connectivity index (χ2n) is 5.19. The SMILES string of the molecule is NCCCOC1CCN(S(=O)(=O)c2ccc(Cl)cc2F)CC1. The van der Waals surface area contributed by atoms with Gasteiger partial charge in [-0.3, -0.25) is 0 Å². The Bertz CT molecular complexity index is 604. The molecule has 2 rings (SSSR count). The molecule has 5 nitrogen and oxygen atoms in total. The van der Waals surface area contributed by atoms with E-state index in [1.165, 1.54) is 16.4 Å². The summed E-state index contributed by atoms with van der Waals surface area (Å²) in [4.78, 5) is -0.334. The van der Waals surface area contributed by atoms with Gasteiger partial charge in [0.2, 0.25) is 10.0 Å². The Morgan fingerprint density at radius 3 is 2.64 bits per heavy atom. The third kappa shape index (κ3) is 4.17. The van der Waals surface area contributed by atoms with Crippen molar-refractivity contribution in [1.82, 2.24) is 4.31 Å². The van der Waals surface area contributed by atoms with Crippen LogP contribution in [0.4, 0.5) is 4.39 Å². The van der Waals surface area contributed by atoms with Crippen LogP contribution in [0.3, 0.4) is 0 Å². The van der Waals surface area contributed by atoms with Crippen LogP contribution >= 0.6 is 11.6 Å². The lowest BCUT2D eigenvalue weighted by Gasteiger charge is -2.31. The molecule has 0 saturated carbocycles. The first kappa shape index (κ1) is 17.6. The highest BCUT2D eigenvalue weighted by atomic mass is 35.5. The summed E-state index contributed by atoms with van der Waals surface area (Å²) in [5.74, 6) is -0.825. The highest BCUT2D eigenvalue weighted by Crippen LogP contribution is 2.25. The summed E-state index contributed by atoms with van der Waals surface area (Å²) in [6.45, 7) is 1.79. The van der Waals surface area contributed by atoms with Crippen LogP contribution in [0, 0.1) is 5.82 Å². The first-order chi connectivity index (χ1) is 10.4. The van der Waals surface area contributed by atoms with Gasteiger partial charge in [-0.15, -0.1) is 0 Å². The summed E-state index contributed by atoms with van der Waals surface area (Å²) in [5, 5.41) is 0.170. The molecule has 0 atom stereocenters. The summed E-state index contributed by atoms with van der Waals surface area (Å²) in [6, 6.07) is 3.59. The van der Waals surface area contributed by atoms with Crippen LogP contribution in [0.5, 0.6) is 0 Å². The molecule has 0 unspecified atom stereocenters. The minimum Gasteiger partial charge on any atom is -0.378 e. The Morgan fingerprint density at radius 1 is 1.36 bits per heavy atom. The highest BCUT2D eigenvalue weighted by molar-refractivity contribution is 7.89. The van der Waals surface area contributed by atoms with Crippen LogP contribution in [0.1, 0.15) is 19.3 Å². The molecular formula is C14H20ClFN2O3S. The summed E-state index contributed by atoms with van der Waals surface area (Å²) in [6.07, 6.45) is 2.01. The number of ether oxygens (including phenoxy) is 1. The lowest BCUT2D eigenvalue weighted by atomic mass is 10.1. The van der Waals surface area contributed by atoms with E-state index in [-0.39, 0.29) is 16.0 Å². The smallest absolute Gasteiger partial charge is 0.245 e. The van der Waals surface area contributed by atoms with Crippen molar-refractivity contribution in [1.29, 1.82) is 0 Å². The summed E-state index contributed by atoms with van der Waals surface area (Å²) >= 11 is 5.66. The van der Waals surface area contributed by atoms with E-state index in [0.29, 0.717) is 39.1 Å². The zero-order valence-electron chi connectivity index (χ0n) is 12.2. The molecular weight excluding hydrogens is 331 g/mol. The fourth-order valence-electron chi connectivity index (χ4n) is 2.40. The predicted molar refractivity (Wildman–Crippen MR) is 82.8 cm³/mol. The number of rotatable bonds is 6. The molecule has 0 amide bonds. The molecule has 0 bridgehead atoms. The standard InChI is InChI=1S/C14H20ClFN2O3S/c15-11-2-3-14(13(16)10-11)22(19,20)18-7-4-12(5-8-18)21-9-1-6-17/h2-3,10,12H,1,4-9,17H2. The van der Waals surface area contributed by atoms with Gasteiger partial charge in [-0.25, -0.2) is 12.8 Å². The number of benzene rings is 1. The molecule has 0 aliphatic carbocycles. The molecule has 0 radical (unpaired) electrons. The fraction of sp³-hybridized carbons (Fsp3) is 0.571. The number of sulfonamides is 1.